The molecule has 0 aliphatic rings. The van der Waals surface area contributed by atoms with E-state index in [0.717, 1.165) is 13.7 Å². The standard InChI is InChI=1S/C27H15N3O3/c1-4-19-7-13-22(14-8-19)28-25(31)29(23-15-9-20(5-2)10-16-23)27(33)30(26(28)32)24-17-11-21(6-3)12-18-24/h1-3,7-18H. The maximum absolute atomic E-state index is 13.4. The van der Waals surface area contributed by atoms with Gasteiger partial charge in [0, 0.05) is 16.7 Å². The summed E-state index contributed by atoms with van der Waals surface area (Å²) in [7, 11) is 0. The summed E-state index contributed by atoms with van der Waals surface area (Å²) in [6.45, 7) is 0. The molecule has 0 N–H and O–H groups in total. The summed E-state index contributed by atoms with van der Waals surface area (Å²) >= 11 is 0. The number of nitrogens with zero attached hydrogens (tertiary/aromatic N) is 3. The Labute approximate surface area is 189 Å². The van der Waals surface area contributed by atoms with Crippen LogP contribution in [0.2, 0.25) is 0 Å². The lowest BCUT2D eigenvalue weighted by atomic mass is 10.2. The van der Waals surface area contributed by atoms with Crippen LogP contribution in [0.5, 0.6) is 0 Å². The Hall–Kier alpha value is -5.25. The fourth-order valence-corrected chi connectivity index (χ4v) is 3.33. The number of rotatable bonds is 3. The van der Waals surface area contributed by atoms with Crippen LogP contribution in [0.15, 0.2) is 87.2 Å². The average Bonchev–Trinajstić information content (AvgIpc) is 2.85. The highest BCUT2D eigenvalue weighted by atomic mass is 16.2. The maximum Gasteiger partial charge on any atom is 0.345 e. The van der Waals surface area contributed by atoms with Gasteiger partial charge in [-0.05, 0) is 72.8 Å². The van der Waals surface area contributed by atoms with Crippen LogP contribution in [0.3, 0.4) is 0 Å². The molecule has 0 aliphatic carbocycles. The normalized spacial score (nSPS) is 10.1. The lowest BCUT2D eigenvalue weighted by molar-refractivity contribution is 0.659. The van der Waals surface area contributed by atoms with Crippen LogP contribution in [-0.4, -0.2) is 13.7 Å². The Morgan fingerprint density at radius 1 is 0.424 bits per heavy atom. The summed E-state index contributed by atoms with van der Waals surface area (Å²) in [6, 6.07) is 18.9. The van der Waals surface area contributed by atoms with E-state index < -0.39 is 17.1 Å². The predicted octanol–water partition coefficient (Wildman–Crippen LogP) is 2.08. The Kier molecular flexibility index (Phi) is 5.39. The highest BCUT2D eigenvalue weighted by Crippen LogP contribution is 2.10. The first-order chi connectivity index (χ1) is 16.0. The first kappa shape index (κ1) is 21.0. The fraction of sp³-hybridized carbons (Fsp3) is 0. The third-order valence-corrected chi connectivity index (χ3v) is 5.02. The second-order valence-electron chi connectivity index (χ2n) is 6.93. The molecule has 1 aromatic heterocycles. The molecule has 0 saturated carbocycles. The molecule has 0 radical (unpaired) electrons. The van der Waals surface area contributed by atoms with Crippen LogP contribution >= 0.6 is 0 Å². The van der Waals surface area contributed by atoms with Crippen molar-refractivity contribution in [3.8, 4) is 54.1 Å². The summed E-state index contributed by atoms with van der Waals surface area (Å²) < 4.78 is 2.73. The fourth-order valence-electron chi connectivity index (χ4n) is 3.33. The Morgan fingerprint density at radius 2 is 0.636 bits per heavy atom. The molecular formula is C27H15N3O3. The molecule has 0 fully saturated rings. The first-order valence-corrected chi connectivity index (χ1v) is 9.70. The van der Waals surface area contributed by atoms with Crippen LogP contribution in [0.25, 0.3) is 17.1 Å². The van der Waals surface area contributed by atoms with Gasteiger partial charge < -0.3 is 0 Å². The van der Waals surface area contributed by atoms with Gasteiger partial charge >= 0.3 is 17.1 Å². The lowest BCUT2D eigenvalue weighted by Gasteiger charge is -2.14. The van der Waals surface area contributed by atoms with Gasteiger partial charge in [-0.1, -0.05) is 17.8 Å². The van der Waals surface area contributed by atoms with E-state index in [9.17, 15) is 14.4 Å². The van der Waals surface area contributed by atoms with Gasteiger partial charge in [0.15, 0.2) is 0 Å². The second kappa shape index (κ2) is 8.47. The monoisotopic (exact) mass is 429 g/mol. The molecule has 33 heavy (non-hydrogen) atoms. The van der Waals surface area contributed by atoms with E-state index in [2.05, 4.69) is 17.8 Å². The highest BCUT2D eigenvalue weighted by Gasteiger charge is 2.19. The molecule has 0 atom stereocenters. The number of aromatic nitrogens is 3. The molecule has 0 spiro atoms. The zero-order valence-electron chi connectivity index (χ0n) is 17.2. The molecule has 4 rings (SSSR count). The van der Waals surface area contributed by atoms with Crippen molar-refractivity contribution < 1.29 is 0 Å². The molecule has 0 unspecified atom stereocenters. The molecule has 0 bridgehead atoms. The molecular weight excluding hydrogens is 414 g/mol. The van der Waals surface area contributed by atoms with Crippen LogP contribution in [-0.2, 0) is 0 Å². The molecule has 0 saturated heterocycles. The van der Waals surface area contributed by atoms with Crippen LogP contribution < -0.4 is 17.1 Å². The summed E-state index contributed by atoms with van der Waals surface area (Å²) in [5, 5.41) is 0. The van der Waals surface area contributed by atoms with Crippen molar-refractivity contribution in [2.24, 2.45) is 0 Å². The van der Waals surface area contributed by atoms with E-state index in [0.29, 0.717) is 16.7 Å². The SMILES string of the molecule is C#Cc1ccc(-n2c(=O)n(-c3ccc(C#C)cc3)c(=O)n(-c3ccc(C#C)cc3)c2=O)cc1. The smallest absolute Gasteiger partial charge is 0.246 e. The van der Waals surface area contributed by atoms with Crippen LogP contribution in [0, 0.1) is 37.0 Å². The summed E-state index contributed by atoms with van der Waals surface area (Å²) in [4.78, 5) is 40.2. The van der Waals surface area contributed by atoms with Gasteiger partial charge in [-0.2, -0.15) is 0 Å². The van der Waals surface area contributed by atoms with Gasteiger partial charge in [-0.15, -0.1) is 19.3 Å². The Morgan fingerprint density at radius 3 is 0.818 bits per heavy atom. The quantitative estimate of drug-likeness (QED) is 0.469. The van der Waals surface area contributed by atoms with Gasteiger partial charge in [-0.3, -0.25) is 0 Å². The number of terminal acetylenes is 3. The minimum atomic E-state index is -0.830. The molecule has 0 aliphatic heterocycles. The topological polar surface area (TPSA) is 66.0 Å². The van der Waals surface area contributed by atoms with Crippen molar-refractivity contribution in [1.82, 2.24) is 13.7 Å². The maximum atomic E-state index is 13.4. The van der Waals surface area contributed by atoms with Crippen molar-refractivity contribution in [2.75, 3.05) is 0 Å². The Bertz CT molecular complexity index is 1430. The van der Waals surface area contributed by atoms with E-state index in [1.54, 1.807) is 72.8 Å². The van der Waals surface area contributed by atoms with Crippen LogP contribution in [0.4, 0.5) is 0 Å². The third-order valence-electron chi connectivity index (χ3n) is 5.02. The molecule has 0 amide bonds. The van der Waals surface area contributed by atoms with E-state index in [1.165, 1.54) is 0 Å². The van der Waals surface area contributed by atoms with E-state index in [1.807, 2.05) is 0 Å². The minimum absolute atomic E-state index is 0.256. The van der Waals surface area contributed by atoms with Crippen molar-refractivity contribution >= 4 is 0 Å². The van der Waals surface area contributed by atoms with Crippen molar-refractivity contribution in [1.29, 1.82) is 0 Å². The average molecular weight is 429 g/mol. The summed E-state index contributed by atoms with van der Waals surface area (Å²) in [5.41, 5.74) is 0.0155. The molecule has 6 nitrogen and oxygen atoms in total. The zero-order chi connectivity index (χ0) is 23.5. The molecule has 4 aromatic rings. The van der Waals surface area contributed by atoms with Crippen molar-refractivity contribution in [2.45, 2.75) is 0 Å². The Balaban J connectivity index is 2.10. The van der Waals surface area contributed by atoms with Gasteiger partial charge in [0.2, 0.25) is 0 Å². The first-order valence-electron chi connectivity index (χ1n) is 9.70. The van der Waals surface area contributed by atoms with Crippen molar-refractivity contribution in [3.05, 3.63) is 121 Å². The predicted molar refractivity (Wildman–Crippen MR) is 127 cm³/mol. The molecule has 3 aromatic carbocycles. The van der Waals surface area contributed by atoms with Gasteiger partial charge in [0.05, 0.1) is 17.1 Å². The summed E-state index contributed by atoms with van der Waals surface area (Å²) in [5.74, 6) is 7.45. The lowest BCUT2D eigenvalue weighted by Crippen LogP contribution is -2.52. The molecule has 6 heteroatoms. The number of hydrogen-bond acceptors (Lipinski definition) is 3. The third kappa shape index (κ3) is 3.68. The number of hydrogen-bond donors (Lipinski definition) is 0. The van der Waals surface area contributed by atoms with E-state index in [-0.39, 0.29) is 17.1 Å². The second-order valence-corrected chi connectivity index (χ2v) is 6.93. The van der Waals surface area contributed by atoms with Gasteiger partial charge in [-0.25, -0.2) is 28.1 Å². The highest BCUT2D eigenvalue weighted by molar-refractivity contribution is 5.44. The minimum Gasteiger partial charge on any atom is -0.246 e. The zero-order valence-corrected chi connectivity index (χ0v) is 17.2. The van der Waals surface area contributed by atoms with E-state index in [4.69, 9.17) is 19.3 Å². The van der Waals surface area contributed by atoms with Gasteiger partial charge in [0.1, 0.15) is 0 Å². The van der Waals surface area contributed by atoms with Crippen LogP contribution in [0.1, 0.15) is 16.7 Å². The summed E-state index contributed by atoms with van der Waals surface area (Å²) in [6.07, 6.45) is 16.2. The van der Waals surface area contributed by atoms with Crippen molar-refractivity contribution in [3.63, 3.8) is 0 Å². The molecule has 1 heterocycles. The number of benzene rings is 3. The largest absolute Gasteiger partial charge is 0.345 e. The molecule has 156 valence electrons. The van der Waals surface area contributed by atoms with Gasteiger partial charge in [0.25, 0.3) is 0 Å². The van der Waals surface area contributed by atoms with E-state index >= 15 is 0 Å².